The quantitative estimate of drug-likeness (QED) is 0.435. The van der Waals surface area contributed by atoms with Crippen LogP contribution in [0, 0.1) is 10.5 Å². The lowest BCUT2D eigenvalue weighted by molar-refractivity contribution is -0.126. The van der Waals surface area contributed by atoms with Gasteiger partial charge in [0.05, 0.1) is 5.56 Å². The van der Waals surface area contributed by atoms with Gasteiger partial charge in [0.25, 0.3) is 0 Å². The molecule has 0 radical (unpaired) electrons. The van der Waals surface area contributed by atoms with Crippen LogP contribution < -0.4 is 4.74 Å². The van der Waals surface area contributed by atoms with Crippen molar-refractivity contribution < 1.29 is 14.3 Å². The van der Waals surface area contributed by atoms with Crippen LogP contribution in [0.2, 0.25) is 0 Å². The van der Waals surface area contributed by atoms with Crippen molar-refractivity contribution in [1.82, 2.24) is 0 Å². The Morgan fingerprint density at radius 3 is 2.50 bits per heavy atom. The molecule has 4 heteroatoms. The Morgan fingerprint density at radius 1 is 1.00 bits per heavy atom. The molecule has 2 aromatic carbocycles. The molecule has 1 aliphatic heterocycles. The van der Waals surface area contributed by atoms with Crippen LogP contribution in [0.5, 0.6) is 5.75 Å². The van der Waals surface area contributed by atoms with Crippen LogP contribution in [0.25, 0.3) is 0 Å². The number of esters is 1. The maximum absolute atomic E-state index is 12.5. The molecule has 0 saturated heterocycles. The van der Waals surface area contributed by atoms with Crippen molar-refractivity contribution in [1.29, 1.82) is 0 Å². The first-order chi connectivity index (χ1) is 9.65. The van der Waals surface area contributed by atoms with Crippen LogP contribution in [0.3, 0.4) is 0 Å². The number of hydrogen-bond acceptors (Lipinski definition) is 3. The first kappa shape index (κ1) is 13.2. The summed E-state index contributed by atoms with van der Waals surface area (Å²) in [6.45, 7) is 1.91. The van der Waals surface area contributed by atoms with E-state index in [-0.39, 0.29) is 5.78 Å². The number of ether oxygens (including phenoxy) is 1. The van der Waals surface area contributed by atoms with Gasteiger partial charge in [-0.2, -0.15) is 0 Å². The maximum Gasteiger partial charge on any atom is 0.353 e. The van der Waals surface area contributed by atoms with Gasteiger partial charge >= 0.3 is 5.97 Å². The van der Waals surface area contributed by atoms with Gasteiger partial charge in [0, 0.05) is 3.57 Å². The van der Waals surface area contributed by atoms with Crippen molar-refractivity contribution >= 4 is 36.0 Å². The molecule has 100 valence electrons. The molecule has 0 fully saturated rings. The lowest BCUT2D eigenvalue weighted by atomic mass is 10.0. The van der Waals surface area contributed by atoms with Gasteiger partial charge in [0.15, 0.2) is 0 Å². The number of carbonyl (C=O) groups is 2. The molecule has 1 heterocycles. The average molecular weight is 378 g/mol. The fourth-order valence-electron chi connectivity index (χ4n) is 1.93. The van der Waals surface area contributed by atoms with E-state index < -0.39 is 26.7 Å². The molecule has 0 spiro atoms. The normalized spacial score (nSPS) is 16.4. The van der Waals surface area contributed by atoms with E-state index in [4.69, 9.17) is 4.74 Å². The second kappa shape index (κ2) is 5.28. The number of carbonyl (C=O) groups excluding carboxylic acids is 2. The molecule has 0 amide bonds. The molecular formula is C16H11IO3. The van der Waals surface area contributed by atoms with Gasteiger partial charge in [-0.1, -0.05) is 50.6 Å². The molecule has 2 aromatic rings. The van der Waals surface area contributed by atoms with Crippen LogP contribution >= 0.6 is 20.7 Å². The molecule has 0 unspecified atom stereocenters. The zero-order valence-electron chi connectivity index (χ0n) is 10.7. The van der Waals surface area contributed by atoms with E-state index in [1.165, 1.54) is 0 Å². The molecule has 3 rings (SSSR count). The number of aryl methyl sites for hydroxylation is 1. The van der Waals surface area contributed by atoms with Crippen LogP contribution in [0.1, 0.15) is 15.9 Å². The highest BCUT2D eigenvalue weighted by molar-refractivity contribution is 14.2. The van der Waals surface area contributed by atoms with Crippen LogP contribution in [-0.4, -0.2) is 15.3 Å². The Labute approximate surface area is 126 Å². The van der Waals surface area contributed by atoms with Crippen molar-refractivity contribution in [2.45, 2.75) is 6.92 Å². The zero-order valence-corrected chi connectivity index (χ0v) is 12.9. The van der Waals surface area contributed by atoms with E-state index in [1.807, 2.05) is 43.3 Å². The summed E-state index contributed by atoms with van der Waals surface area (Å²) in [6, 6.07) is 14.9. The first-order valence-corrected chi connectivity index (χ1v) is 8.25. The fourth-order valence-corrected chi connectivity index (χ4v) is 4.20. The topological polar surface area (TPSA) is 43.4 Å². The Hall–Kier alpha value is -1.82. The van der Waals surface area contributed by atoms with Gasteiger partial charge in [-0.25, -0.2) is 4.79 Å². The van der Waals surface area contributed by atoms with E-state index in [1.54, 1.807) is 12.1 Å². The average Bonchev–Trinajstić information content (AvgIpc) is 2.46. The molecule has 3 nitrogen and oxygen atoms in total. The molecule has 0 atom stereocenters. The molecule has 1 aliphatic rings. The monoisotopic (exact) mass is 378 g/mol. The summed E-state index contributed by atoms with van der Waals surface area (Å²) >= 11 is -0.818. The molecule has 0 aliphatic carbocycles. The number of ketones is 1. The summed E-state index contributed by atoms with van der Waals surface area (Å²) in [4.78, 5) is 24.5. The predicted octanol–water partition coefficient (Wildman–Crippen LogP) is 3.11. The number of benzene rings is 2. The summed E-state index contributed by atoms with van der Waals surface area (Å²) in [5.74, 6) is -0.314. The summed E-state index contributed by atoms with van der Waals surface area (Å²) < 4.78 is 6.60. The van der Waals surface area contributed by atoms with Gasteiger partial charge in [-0.15, -0.1) is 0 Å². The van der Waals surface area contributed by atoms with Crippen molar-refractivity contribution in [3.8, 4) is 5.75 Å². The van der Waals surface area contributed by atoms with E-state index in [0.29, 0.717) is 14.8 Å². The van der Waals surface area contributed by atoms with Gasteiger partial charge in [0.1, 0.15) is 9.26 Å². The lowest BCUT2D eigenvalue weighted by Gasteiger charge is -2.16. The molecule has 0 bridgehead atoms. The Morgan fingerprint density at radius 2 is 1.75 bits per heavy atom. The minimum absolute atomic E-state index is 0.184. The number of halogens is 1. The zero-order chi connectivity index (χ0) is 14.1. The third-order valence-corrected chi connectivity index (χ3v) is 5.71. The summed E-state index contributed by atoms with van der Waals surface area (Å²) in [7, 11) is 0. The van der Waals surface area contributed by atoms with Crippen LogP contribution in [-0.2, 0) is 4.79 Å². The number of hydrogen-bond donors (Lipinski definition) is 0. The number of Topliss-reactive ketones (excluding diaryl/α,β-unsaturated/α-hetero) is 1. The van der Waals surface area contributed by atoms with Gasteiger partial charge in [-0.05, 0) is 31.2 Å². The van der Waals surface area contributed by atoms with Crippen LogP contribution in [0.4, 0.5) is 0 Å². The maximum atomic E-state index is 12.5. The van der Waals surface area contributed by atoms with E-state index in [2.05, 4.69) is 0 Å². The SMILES string of the molecule is Cc1ccc2c(c1)C(=O)C(=Ic1ccccc1)C(=O)O2. The second-order valence-electron chi connectivity index (χ2n) is 4.42. The van der Waals surface area contributed by atoms with Crippen LogP contribution in [0.15, 0.2) is 48.5 Å². The Bertz CT molecular complexity index is 733. The highest BCUT2D eigenvalue weighted by Gasteiger charge is 2.31. The molecular weight excluding hydrogens is 367 g/mol. The Kier molecular flexibility index (Phi) is 3.48. The largest absolute Gasteiger partial charge is 0.422 e. The van der Waals surface area contributed by atoms with Gasteiger partial charge < -0.3 is 4.74 Å². The third-order valence-electron chi connectivity index (χ3n) is 2.90. The van der Waals surface area contributed by atoms with Crippen molar-refractivity contribution in [3.05, 3.63) is 63.2 Å². The smallest absolute Gasteiger partial charge is 0.353 e. The highest BCUT2D eigenvalue weighted by Crippen LogP contribution is 2.28. The third kappa shape index (κ3) is 2.43. The summed E-state index contributed by atoms with van der Waals surface area (Å²) in [5.41, 5.74) is 1.47. The molecule has 20 heavy (non-hydrogen) atoms. The fraction of sp³-hybridized carbons (Fsp3) is 0.0625. The molecule has 0 N–H and O–H groups in total. The van der Waals surface area contributed by atoms with Gasteiger partial charge in [0.2, 0.25) is 5.78 Å². The predicted molar refractivity (Wildman–Crippen MR) is 85.3 cm³/mol. The minimum Gasteiger partial charge on any atom is -0.422 e. The van der Waals surface area contributed by atoms with E-state index >= 15 is 0 Å². The number of rotatable bonds is 1. The van der Waals surface area contributed by atoms with E-state index in [0.717, 1.165) is 9.13 Å². The van der Waals surface area contributed by atoms with Crippen molar-refractivity contribution in [2.24, 2.45) is 0 Å². The first-order valence-electron chi connectivity index (χ1n) is 6.09. The minimum atomic E-state index is -0.818. The Balaban J connectivity index is 2.08. The molecule has 0 aromatic heterocycles. The standard InChI is InChI=1S/C16H11IO3/c1-10-7-8-13-12(9-10)15(18)14(16(19)20-13)17-11-5-3-2-4-6-11/h2-9H,1H3. The lowest BCUT2D eigenvalue weighted by Crippen LogP contribution is -2.32. The summed E-state index contributed by atoms with van der Waals surface area (Å²) in [5, 5.41) is 0. The van der Waals surface area contributed by atoms with Crippen molar-refractivity contribution in [2.75, 3.05) is 0 Å². The molecule has 0 saturated carbocycles. The van der Waals surface area contributed by atoms with Gasteiger partial charge in [-0.3, -0.25) is 4.79 Å². The highest BCUT2D eigenvalue weighted by atomic mass is 127. The van der Waals surface area contributed by atoms with E-state index in [9.17, 15) is 9.59 Å². The number of fused-ring (bicyclic) bond motifs is 1. The second-order valence-corrected chi connectivity index (χ2v) is 7.29. The summed E-state index contributed by atoms with van der Waals surface area (Å²) in [6.07, 6.45) is 0. The van der Waals surface area contributed by atoms with Crippen molar-refractivity contribution in [3.63, 3.8) is 0 Å².